The van der Waals surface area contributed by atoms with Crippen molar-refractivity contribution in [3.8, 4) is 0 Å². The Morgan fingerprint density at radius 3 is 2.15 bits per heavy atom. The quantitative estimate of drug-likeness (QED) is 0.177. The van der Waals surface area contributed by atoms with Gasteiger partial charge in [-0.25, -0.2) is 9.13 Å². The lowest BCUT2D eigenvalue weighted by Crippen LogP contribution is -2.48. The van der Waals surface area contributed by atoms with Crippen molar-refractivity contribution >= 4 is 5.97 Å². The van der Waals surface area contributed by atoms with Crippen LogP contribution in [0.3, 0.4) is 0 Å². The third-order valence-corrected chi connectivity index (χ3v) is 7.67. The van der Waals surface area contributed by atoms with Crippen LogP contribution in [-0.4, -0.2) is 39.2 Å². The van der Waals surface area contributed by atoms with Crippen LogP contribution in [0.5, 0.6) is 0 Å². The molecule has 0 amide bonds. The van der Waals surface area contributed by atoms with Crippen LogP contribution in [-0.2, 0) is 35.3 Å². The average Bonchev–Trinajstić information content (AvgIpc) is 3.57. The van der Waals surface area contributed by atoms with Gasteiger partial charge in [0.2, 0.25) is 6.33 Å². The van der Waals surface area contributed by atoms with Gasteiger partial charge in [-0.2, -0.15) is 0 Å². The van der Waals surface area contributed by atoms with Crippen LogP contribution in [0.15, 0.2) is 110 Å². The zero-order chi connectivity index (χ0) is 27.1. The monoisotopic (exact) mass is 524 g/mol. The van der Waals surface area contributed by atoms with Crippen molar-refractivity contribution in [1.82, 2.24) is 9.47 Å². The first-order chi connectivity index (χ1) is 19.0. The number of unbranched alkanes of at least 4 members (excludes halogenated alkanes) is 1. The molecule has 1 saturated heterocycles. The summed E-state index contributed by atoms with van der Waals surface area (Å²) in [6.45, 7) is 2.12. The van der Waals surface area contributed by atoms with Crippen LogP contribution in [0.25, 0.3) is 0 Å². The number of imidazole rings is 1. The number of rotatable bonds is 11. The molecule has 0 spiro atoms. The van der Waals surface area contributed by atoms with Crippen LogP contribution < -0.4 is 4.57 Å². The lowest BCUT2D eigenvalue weighted by molar-refractivity contribution is -0.671. The predicted molar refractivity (Wildman–Crippen MR) is 150 cm³/mol. The fourth-order valence-electron chi connectivity index (χ4n) is 5.75. The van der Waals surface area contributed by atoms with Crippen molar-refractivity contribution in [3.63, 3.8) is 0 Å². The van der Waals surface area contributed by atoms with Gasteiger partial charge in [0, 0.05) is 25.9 Å². The topological polar surface area (TPSA) is 58.6 Å². The van der Waals surface area contributed by atoms with Crippen molar-refractivity contribution in [2.75, 3.05) is 6.54 Å². The van der Waals surface area contributed by atoms with E-state index in [-0.39, 0.29) is 18.1 Å². The second-order valence-electron chi connectivity index (χ2n) is 10.6. The van der Waals surface area contributed by atoms with Crippen molar-refractivity contribution in [2.45, 2.75) is 56.5 Å². The number of hydrogen-bond acceptors (Lipinski definition) is 4. The molecular formula is C33H38N3O3+. The van der Waals surface area contributed by atoms with E-state index < -0.39 is 5.60 Å². The summed E-state index contributed by atoms with van der Waals surface area (Å²) < 4.78 is 10.2. The Kier molecular flexibility index (Phi) is 8.54. The van der Waals surface area contributed by atoms with Gasteiger partial charge in [0.25, 0.3) is 0 Å². The lowest BCUT2D eigenvalue weighted by atomic mass is 9.78. The van der Waals surface area contributed by atoms with Gasteiger partial charge in [0.15, 0.2) is 0 Å². The Morgan fingerprint density at radius 2 is 1.56 bits per heavy atom. The van der Waals surface area contributed by atoms with E-state index >= 15 is 0 Å². The number of aliphatic hydroxyl groups is 1. The van der Waals surface area contributed by atoms with Gasteiger partial charge < -0.3 is 9.84 Å². The molecule has 2 atom stereocenters. The molecule has 1 aliphatic rings. The Balaban J connectivity index is 1.32. The van der Waals surface area contributed by atoms with Gasteiger partial charge in [-0.15, -0.1) is 0 Å². The highest BCUT2D eigenvalue weighted by Crippen LogP contribution is 2.41. The summed E-state index contributed by atoms with van der Waals surface area (Å²) >= 11 is 0. The summed E-state index contributed by atoms with van der Waals surface area (Å²) in [4.78, 5) is 15.1. The number of carbonyl (C=O) groups excluding carboxylic acids is 1. The number of nitrogens with zero attached hydrogens (tertiary/aromatic N) is 3. The van der Waals surface area contributed by atoms with Crippen LogP contribution >= 0.6 is 0 Å². The molecule has 1 N–H and O–H groups in total. The standard InChI is InChI=1S/C33H38N3O3/c1-34-21-22-35(26-34)20-12-11-19-32(37)39-30-23-31(36(25-30)24-27-13-5-2-6-14-27)33(38,28-15-7-3-8-16-28)29-17-9-4-10-18-29/h2-10,13-18,21-22,26,30-31,38H,11-12,19-20,23-25H2,1H3/q+1/t30-,31-/m1/s1. The number of ether oxygens (including phenoxy) is 1. The molecule has 202 valence electrons. The number of benzene rings is 3. The number of aromatic nitrogens is 2. The van der Waals surface area contributed by atoms with E-state index in [1.54, 1.807) is 0 Å². The lowest BCUT2D eigenvalue weighted by Gasteiger charge is -2.40. The number of carbonyl (C=O) groups is 1. The number of aryl methyl sites for hydroxylation is 2. The van der Waals surface area contributed by atoms with Crippen LogP contribution in [0.1, 0.15) is 42.4 Å². The molecule has 2 heterocycles. The van der Waals surface area contributed by atoms with Gasteiger partial charge in [-0.1, -0.05) is 91.0 Å². The van der Waals surface area contributed by atoms with E-state index in [9.17, 15) is 9.90 Å². The molecule has 0 radical (unpaired) electrons. The second-order valence-corrected chi connectivity index (χ2v) is 10.6. The summed E-state index contributed by atoms with van der Waals surface area (Å²) in [7, 11) is 2.00. The average molecular weight is 525 g/mol. The zero-order valence-electron chi connectivity index (χ0n) is 22.6. The molecular weight excluding hydrogens is 486 g/mol. The maximum atomic E-state index is 12.9. The molecule has 1 fully saturated rings. The third-order valence-electron chi connectivity index (χ3n) is 7.67. The highest BCUT2D eigenvalue weighted by Gasteiger charge is 2.49. The summed E-state index contributed by atoms with van der Waals surface area (Å²) in [5, 5.41) is 12.6. The zero-order valence-corrected chi connectivity index (χ0v) is 22.6. The van der Waals surface area contributed by atoms with E-state index in [0.29, 0.717) is 25.9 Å². The van der Waals surface area contributed by atoms with Gasteiger partial charge in [-0.05, 0) is 29.5 Å². The van der Waals surface area contributed by atoms with Crippen molar-refractivity contribution < 1.29 is 19.2 Å². The minimum atomic E-state index is -1.26. The van der Waals surface area contributed by atoms with Crippen molar-refractivity contribution in [3.05, 3.63) is 126 Å². The fraction of sp³-hybridized carbons (Fsp3) is 0.333. The number of likely N-dealkylation sites (tertiary alicyclic amines) is 1. The van der Waals surface area contributed by atoms with Gasteiger partial charge in [0.05, 0.1) is 19.6 Å². The van der Waals surface area contributed by atoms with Crippen molar-refractivity contribution in [1.29, 1.82) is 0 Å². The molecule has 6 nitrogen and oxygen atoms in total. The first kappa shape index (κ1) is 26.9. The normalized spacial score (nSPS) is 17.8. The van der Waals surface area contributed by atoms with Crippen LogP contribution in [0, 0.1) is 0 Å². The maximum absolute atomic E-state index is 12.9. The summed E-state index contributed by atoms with van der Waals surface area (Å²) in [6.07, 6.45) is 8.46. The molecule has 6 heteroatoms. The van der Waals surface area contributed by atoms with Crippen LogP contribution in [0.4, 0.5) is 0 Å². The third kappa shape index (κ3) is 6.47. The first-order valence-corrected chi connectivity index (χ1v) is 13.8. The largest absolute Gasteiger partial charge is 0.461 e. The summed E-state index contributed by atoms with van der Waals surface area (Å²) in [5.41, 5.74) is 1.58. The van der Waals surface area contributed by atoms with E-state index in [2.05, 4.69) is 21.6 Å². The van der Waals surface area contributed by atoms with E-state index in [1.807, 2.05) is 109 Å². The highest BCUT2D eigenvalue weighted by molar-refractivity contribution is 5.69. The summed E-state index contributed by atoms with van der Waals surface area (Å²) in [6, 6.07) is 29.7. The molecule has 4 aromatic rings. The molecule has 0 saturated carbocycles. The molecule has 0 unspecified atom stereocenters. The van der Waals surface area contributed by atoms with Gasteiger partial charge >= 0.3 is 5.97 Å². The molecule has 39 heavy (non-hydrogen) atoms. The van der Waals surface area contributed by atoms with Crippen LogP contribution in [0.2, 0.25) is 0 Å². The SMILES string of the molecule is C[n+]1ccn(CCCCC(=O)O[C@@H]2C[C@H](C(O)(c3ccccc3)c3ccccc3)N(Cc3ccccc3)C2)c1. The molecule has 1 aliphatic heterocycles. The Labute approximate surface area is 231 Å². The Morgan fingerprint density at radius 1 is 0.949 bits per heavy atom. The fourth-order valence-corrected chi connectivity index (χ4v) is 5.75. The molecule has 5 rings (SSSR count). The minimum Gasteiger partial charge on any atom is -0.461 e. The summed E-state index contributed by atoms with van der Waals surface area (Å²) in [5.74, 6) is -0.165. The van der Waals surface area contributed by atoms with E-state index in [4.69, 9.17) is 4.74 Å². The molecule has 0 bridgehead atoms. The molecule has 1 aromatic heterocycles. The van der Waals surface area contributed by atoms with Crippen molar-refractivity contribution in [2.24, 2.45) is 7.05 Å². The minimum absolute atomic E-state index is 0.165. The Hall–Kier alpha value is -3.74. The Bertz CT molecular complexity index is 1280. The van der Waals surface area contributed by atoms with Gasteiger partial charge in [-0.3, -0.25) is 9.69 Å². The first-order valence-electron chi connectivity index (χ1n) is 13.8. The molecule has 0 aliphatic carbocycles. The van der Waals surface area contributed by atoms with E-state index in [0.717, 1.165) is 36.1 Å². The predicted octanol–water partition coefficient (Wildman–Crippen LogP) is 4.61. The highest BCUT2D eigenvalue weighted by atomic mass is 16.5. The second kappa shape index (κ2) is 12.4. The van der Waals surface area contributed by atoms with Gasteiger partial charge in [0.1, 0.15) is 24.1 Å². The molecule has 3 aromatic carbocycles. The number of esters is 1. The van der Waals surface area contributed by atoms with E-state index in [1.165, 1.54) is 0 Å². The number of hydrogen-bond donors (Lipinski definition) is 1. The smallest absolute Gasteiger partial charge is 0.306 e. The maximum Gasteiger partial charge on any atom is 0.306 e.